The molecule has 33 heavy (non-hydrogen) atoms. The molecule has 2 heterocycles. The Bertz CT molecular complexity index is 1250. The van der Waals surface area contributed by atoms with Crippen LogP contribution in [0, 0.1) is 5.82 Å². The van der Waals surface area contributed by atoms with Crippen molar-refractivity contribution in [3.8, 4) is 0 Å². The SMILES string of the molecule is O=c1c2ccccc2c(F)cn1[C@@H]1O[C@H](COP(=O)(O)OP(=O)(O)OP(=O)(O)O)[C@@H](O)[C@H]1O. The molecule has 1 fully saturated rings. The molecule has 0 spiro atoms. The van der Waals surface area contributed by atoms with Gasteiger partial charge in [-0.25, -0.2) is 18.1 Å². The van der Waals surface area contributed by atoms with E-state index in [-0.39, 0.29) is 10.8 Å². The minimum Gasteiger partial charge on any atom is -0.387 e. The van der Waals surface area contributed by atoms with E-state index in [4.69, 9.17) is 19.4 Å². The molecule has 1 aliphatic heterocycles. The molecule has 1 aromatic heterocycles. The van der Waals surface area contributed by atoms with Crippen molar-refractivity contribution in [3.63, 3.8) is 0 Å². The van der Waals surface area contributed by atoms with Gasteiger partial charge in [-0.3, -0.25) is 13.9 Å². The molecule has 2 unspecified atom stereocenters. The van der Waals surface area contributed by atoms with Crippen LogP contribution in [0.25, 0.3) is 10.8 Å². The van der Waals surface area contributed by atoms with Crippen molar-refractivity contribution < 1.29 is 65.8 Å². The van der Waals surface area contributed by atoms with E-state index in [0.29, 0.717) is 4.57 Å². The fraction of sp³-hybridized carbons (Fsp3) is 0.357. The minimum atomic E-state index is -5.76. The molecule has 0 radical (unpaired) electrons. The fourth-order valence-electron chi connectivity index (χ4n) is 3.02. The lowest BCUT2D eigenvalue weighted by Gasteiger charge is -2.19. The zero-order valence-electron chi connectivity index (χ0n) is 16.0. The van der Waals surface area contributed by atoms with Crippen LogP contribution in [0.3, 0.4) is 0 Å². The number of hydrogen-bond donors (Lipinski definition) is 6. The van der Waals surface area contributed by atoms with Gasteiger partial charge in [-0.1, -0.05) is 18.2 Å². The van der Waals surface area contributed by atoms with Crippen LogP contribution in [0.4, 0.5) is 4.39 Å². The number of rotatable bonds is 8. The third kappa shape index (κ3) is 6.21. The molecule has 1 aromatic carbocycles. The van der Waals surface area contributed by atoms with E-state index in [0.717, 1.165) is 6.20 Å². The summed E-state index contributed by atoms with van der Waals surface area (Å²) in [6.07, 6.45) is -6.23. The molecule has 184 valence electrons. The Morgan fingerprint density at radius 1 is 0.970 bits per heavy atom. The van der Waals surface area contributed by atoms with Gasteiger partial charge in [0.1, 0.15) is 24.1 Å². The zero-order valence-corrected chi connectivity index (χ0v) is 18.7. The van der Waals surface area contributed by atoms with E-state index in [1.807, 2.05) is 0 Å². The monoisotopic (exact) mass is 535 g/mol. The molecule has 19 heteroatoms. The predicted molar refractivity (Wildman–Crippen MR) is 104 cm³/mol. The average Bonchev–Trinajstić information content (AvgIpc) is 2.95. The van der Waals surface area contributed by atoms with Crippen molar-refractivity contribution in [2.75, 3.05) is 6.61 Å². The van der Waals surface area contributed by atoms with E-state index >= 15 is 0 Å². The number of benzene rings is 1. The van der Waals surface area contributed by atoms with Gasteiger partial charge in [0.15, 0.2) is 6.23 Å². The number of halogens is 1. The Morgan fingerprint density at radius 2 is 1.58 bits per heavy atom. The summed E-state index contributed by atoms with van der Waals surface area (Å²) in [7, 11) is -16.9. The summed E-state index contributed by atoms with van der Waals surface area (Å²) >= 11 is 0. The standard InChI is InChI=1S/C14H17FNO14P3/c15-9-5-16(13(19)8-4-2-1-3-7(8)9)14-12(18)11(17)10(28-14)6-27-32(23,24)30-33(25,26)29-31(20,21)22/h1-5,10-12,14,17-18H,6H2,(H,23,24)(H,25,26)(H2,20,21,22)/t10-,11-,12-,14-/m1/s1. The van der Waals surface area contributed by atoms with Crippen molar-refractivity contribution >= 4 is 34.2 Å². The van der Waals surface area contributed by atoms with Gasteiger partial charge in [-0.05, 0) is 6.07 Å². The van der Waals surface area contributed by atoms with Crippen LogP contribution >= 0.6 is 23.5 Å². The largest absolute Gasteiger partial charge is 0.490 e. The Labute approximate surface area is 183 Å². The lowest BCUT2D eigenvalue weighted by atomic mass is 10.1. The molecule has 0 aliphatic carbocycles. The highest BCUT2D eigenvalue weighted by molar-refractivity contribution is 7.66. The lowest BCUT2D eigenvalue weighted by Crippen LogP contribution is -2.35. The normalized spacial score (nSPS) is 27.4. The van der Waals surface area contributed by atoms with Gasteiger partial charge in [0, 0.05) is 11.6 Å². The van der Waals surface area contributed by atoms with Gasteiger partial charge in [0.2, 0.25) is 0 Å². The van der Waals surface area contributed by atoms with Crippen molar-refractivity contribution in [3.05, 3.63) is 46.6 Å². The predicted octanol–water partition coefficient (Wildman–Crippen LogP) is 0.103. The lowest BCUT2D eigenvalue weighted by molar-refractivity contribution is -0.0536. The summed E-state index contributed by atoms with van der Waals surface area (Å²) in [6.45, 7) is -1.08. The molecule has 1 saturated heterocycles. The fourth-order valence-corrected chi connectivity index (χ4v) is 6.05. The first kappa shape index (κ1) is 26.3. The Morgan fingerprint density at radius 3 is 2.18 bits per heavy atom. The molecule has 1 aliphatic rings. The second-order valence-electron chi connectivity index (χ2n) is 6.67. The second-order valence-corrected chi connectivity index (χ2v) is 11.1. The Balaban J connectivity index is 1.75. The average molecular weight is 535 g/mol. The number of phosphoric acid groups is 3. The third-order valence-corrected chi connectivity index (χ3v) is 8.13. The molecule has 0 saturated carbocycles. The molecule has 0 amide bonds. The van der Waals surface area contributed by atoms with Crippen LogP contribution in [-0.2, 0) is 31.6 Å². The molecule has 3 rings (SSSR count). The van der Waals surface area contributed by atoms with Crippen molar-refractivity contribution in [1.29, 1.82) is 0 Å². The molecular weight excluding hydrogens is 518 g/mol. The summed E-state index contributed by atoms with van der Waals surface area (Å²) in [4.78, 5) is 48.2. The highest BCUT2D eigenvalue weighted by atomic mass is 31.3. The van der Waals surface area contributed by atoms with Gasteiger partial charge < -0.3 is 34.5 Å². The number of pyridine rings is 1. The first-order chi connectivity index (χ1) is 15.1. The summed E-state index contributed by atoms with van der Waals surface area (Å²) in [5.41, 5.74) is -0.781. The van der Waals surface area contributed by atoms with Crippen LogP contribution in [0.2, 0.25) is 0 Å². The first-order valence-electron chi connectivity index (χ1n) is 8.69. The van der Waals surface area contributed by atoms with E-state index in [9.17, 15) is 38.0 Å². The zero-order chi connectivity index (χ0) is 24.8. The summed E-state index contributed by atoms with van der Waals surface area (Å²) in [5, 5.41) is 20.3. The van der Waals surface area contributed by atoms with Crippen molar-refractivity contribution in [2.45, 2.75) is 24.5 Å². The summed E-state index contributed by atoms with van der Waals surface area (Å²) in [6, 6.07) is 5.64. The van der Waals surface area contributed by atoms with Crippen LogP contribution in [-0.4, -0.2) is 59.3 Å². The molecule has 15 nitrogen and oxygen atoms in total. The molecule has 6 atom stereocenters. The van der Waals surface area contributed by atoms with Crippen LogP contribution in [0.15, 0.2) is 35.3 Å². The number of fused-ring (bicyclic) bond motifs is 1. The molecule has 6 N–H and O–H groups in total. The number of aliphatic hydroxyl groups excluding tert-OH is 2. The van der Waals surface area contributed by atoms with E-state index in [2.05, 4.69) is 13.1 Å². The Kier molecular flexibility index (Phi) is 7.45. The van der Waals surface area contributed by atoms with E-state index in [1.165, 1.54) is 24.3 Å². The van der Waals surface area contributed by atoms with E-state index in [1.54, 1.807) is 0 Å². The topological polar surface area (TPSA) is 232 Å². The number of nitrogens with zero attached hydrogens (tertiary/aromatic N) is 1. The van der Waals surface area contributed by atoms with Gasteiger partial charge in [-0.15, -0.1) is 0 Å². The summed E-state index contributed by atoms with van der Waals surface area (Å²) < 4.78 is 65.5. The highest BCUT2D eigenvalue weighted by Gasteiger charge is 2.46. The smallest absolute Gasteiger partial charge is 0.387 e. The van der Waals surface area contributed by atoms with Gasteiger partial charge in [0.25, 0.3) is 5.56 Å². The maximum Gasteiger partial charge on any atom is 0.490 e. The highest BCUT2D eigenvalue weighted by Crippen LogP contribution is 2.66. The first-order valence-corrected chi connectivity index (χ1v) is 13.2. The minimum absolute atomic E-state index is 0.00371. The van der Waals surface area contributed by atoms with Gasteiger partial charge in [-0.2, -0.15) is 8.62 Å². The van der Waals surface area contributed by atoms with Crippen LogP contribution in [0.1, 0.15) is 6.23 Å². The summed E-state index contributed by atoms with van der Waals surface area (Å²) in [5.74, 6) is -0.841. The number of phosphoric ester groups is 1. The van der Waals surface area contributed by atoms with Gasteiger partial charge >= 0.3 is 23.5 Å². The molecule has 0 bridgehead atoms. The third-order valence-electron chi connectivity index (χ3n) is 4.33. The van der Waals surface area contributed by atoms with Gasteiger partial charge in [0.05, 0.1) is 12.0 Å². The Hall–Kier alpha value is -1.35. The van der Waals surface area contributed by atoms with E-state index < -0.39 is 66.0 Å². The van der Waals surface area contributed by atoms with Crippen molar-refractivity contribution in [1.82, 2.24) is 4.57 Å². The number of aromatic nitrogens is 1. The quantitative estimate of drug-likeness (QED) is 0.246. The molecular formula is C14H17FNO14P3. The number of hydrogen-bond acceptors (Lipinski definition) is 10. The second kappa shape index (κ2) is 9.36. The maximum atomic E-state index is 14.4. The molecule has 2 aromatic rings. The van der Waals surface area contributed by atoms with Crippen molar-refractivity contribution in [2.24, 2.45) is 0 Å². The number of aliphatic hydroxyl groups is 2. The number of ether oxygens (including phenoxy) is 1. The van der Waals surface area contributed by atoms with Crippen LogP contribution < -0.4 is 5.56 Å². The van der Waals surface area contributed by atoms with Crippen LogP contribution in [0.5, 0.6) is 0 Å². The maximum absolute atomic E-state index is 14.4.